The highest BCUT2D eigenvalue weighted by Gasteiger charge is 2.58. The summed E-state index contributed by atoms with van der Waals surface area (Å²) in [5.74, 6) is 2.41. The first-order valence-electron chi connectivity index (χ1n) is 13.5. The summed E-state index contributed by atoms with van der Waals surface area (Å²) in [4.78, 5) is 25.4. The van der Waals surface area contributed by atoms with E-state index < -0.39 is 50.5 Å². The lowest BCUT2D eigenvalue weighted by atomic mass is 9.97. The summed E-state index contributed by atoms with van der Waals surface area (Å²) in [5, 5.41) is 16.8. The number of carbonyl (C=O) groups excluding carboxylic acids is 1. The van der Waals surface area contributed by atoms with Gasteiger partial charge < -0.3 is 24.4 Å². The van der Waals surface area contributed by atoms with Crippen LogP contribution in [0.25, 0.3) is 11.2 Å². The zero-order valence-corrected chi connectivity index (χ0v) is 24.2. The van der Waals surface area contributed by atoms with Gasteiger partial charge in [-0.05, 0) is 45.7 Å². The van der Waals surface area contributed by atoms with Gasteiger partial charge in [0, 0.05) is 6.04 Å². The number of hydrogen-bond donors (Lipinski definition) is 3. The number of halogens is 1. The van der Waals surface area contributed by atoms with Crippen LogP contribution in [0.3, 0.4) is 0 Å². The van der Waals surface area contributed by atoms with E-state index in [1.807, 2.05) is 5.92 Å². The number of hydrogen-bond acceptors (Lipinski definition) is 11. The SMILES string of the molecule is C#C[C@@]1(F)[C@H](O)[C@@H](CO[P@](=O)(N[C@@H](C)C(=O)OCC)Oc2ccccc2)O[C@H]1n1cnc2c(NC3CC3)nc(C)nc21. The highest BCUT2D eigenvalue weighted by Crippen LogP contribution is 2.48. The second-order valence-electron chi connectivity index (χ2n) is 10.0. The van der Waals surface area contributed by atoms with Crippen molar-refractivity contribution in [3.63, 3.8) is 0 Å². The lowest BCUT2D eigenvalue weighted by molar-refractivity contribution is -0.144. The summed E-state index contributed by atoms with van der Waals surface area (Å²) in [7, 11) is -4.31. The van der Waals surface area contributed by atoms with Crippen molar-refractivity contribution in [2.45, 2.75) is 69.8 Å². The molecule has 3 heterocycles. The molecule has 0 spiro atoms. The number of nitrogens with zero attached hydrogens (tertiary/aromatic N) is 4. The molecule has 2 aliphatic rings. The molecule has 42 heavy (non-hydrogen) atoms. The number of rotatable bonds is 12. The normalized spacial score (nSPS) is 25.9. The Bertz CT molecular complexity index is 1530. The third-order valence-corrected chi connectivity index (χ3v) is 8.38. The largest absolute Gasteiger partial charge is 0.465 e. The summed E-state index contributed by atoms with van der Waals surface area (Å²) in [5.41, 5.74) is -2.09. The van der Waals surface area contributed by atoms with E-state index in [0.29, 0.717) is 17.2 Å². The summed E-state index contributed by atoms with van der Waals surface area (Å²) in [6.45, 7) is 4.23. The van der Waals surface area contributed by atoms with E-state index in [1.54, 1.807) is 32.0 Å². The number of aryl methyl sites for hydroxylation is 1. The summed E-state index contributed by atoms with van der Waals surface area (Å²) < 4.78 is 53.4. The predicted octanol–water partition coefficient (Wildman–Crippen LogP) is 3.05. The highest BCUT2D eigenvalue weighted by atomic mass is 31.2. The topological polar surface area (TPSA) is 159 Å². The lowest BCUT2D eigenvalue weighted by Gasteiger charge is -2.25. The number of alkyl halides is 1. The number of imidazole rings is 1. The van der Waals surface area contributed by atoms with Crippen LogP contribution in [0.15, 0.2) is 36.7 Å². The Morgan fingerprint density at radius 3 is 2.76 bits per heavy atom. The number of anilines is 1. The van der Waals surface area contributed by atoms with Gasteiger partial charge in [0.25, 0.3) is 0 Å². The van der Waals surface area contributed by atoms with Crippen LogP contribution >= 0.6 is 7.75 Å². The van der Waals surface area contributed by atoms with E-state index in [-0.39, 0.29) is 24.0 Å². The lowest BCUT2D eigenvalue weighted by Crippen LogP contribution is -2.42. The number of terminal acetylenes is 1. The van der Waals surface area contributed by atoms with Gasteiger partial charge in [-0.3, -0.25) is 13.9 Å². The Morgan fingerprint density at radius 2 is 2.10 bits per heavy atom. The van der Waals surface area contributed by atoms with Crippen molar-refractivity contribution in [3.05, 3.63) is 42.5 Å². The van der Waals surface area contributed by atoms with Crippen LogP contribution in [-0.2, 0) is 23.4 Å². The van der Waals surface area contributed by atoms with Crippen molar-refractivity contribution < 1.29 is 37.4 Å². The molecule has 1 aromatic carbocycles. The molecule has 0 unspecified atom stereocenters. The molecule has 1 saturated carbocycles. The molecule has 0 amide bonds. The number of aliphatic hydroxyl groups is 1. The van der Waals surface area contributed by atoms with E-state index in [0.717, 1.165) is 12.8 Å². The molecule has 1 aliphatic carbocycles. The predicted molar refractivity (Wildman–Crippen MR) is 149 cm³/mol. The second kappa shape index (κ2) is 11.9. The number of aromatic nitrogens is 4. The monoisotopic (exact) mass is 602 g/mol. The Labute approximate surface area is 241 Å². The van der Waals surface area contributed by atoms with E-state index >= 15 is 4.39 Å². The van der Waals surface area contributed by atoms with Gasteiger partial charge in [0.15, 0.2) is 23.2 Å². The summed E-state index contributed by atoms with van der Waals surface area (Å²) in [6.07, 6.45) is 4.05. The Hall–Kier alpha value is -3.60. The zero-order valence-electron chi connectivity index (χ0n) is 23.3. The molecule has 0 bridgehead atoms. The third kappa shape index (κ3) is 6.11. The Kier molecular flexibility index (Phi) is 8.50. The van der Waals surface area contributed by atoms with Crippen LogP contribution < -0.4 is 14.9 Å². The number of nitrogens with one attached hydrogen (secondary N) is 2. The maximum absolute atomic E-state index is 16.3. The first-order chi connectivity index (χ1) is 20.1. The van der Waals surface area contributed by atoms with Crippen LogP contribution in [0.5, 0.6) is 5.75 Å². The first kappa shape index (κ1) is 29.9. The number of aliphatic hydroxyl groups excluding tert-OH is 1. The molecule has 224 valence electrons. The van der Waals surface area contributed by atoms with E-state index in [1.165, 1.54) is 30.0 Å². The molecule has 1 saturated heterocycles. The van der Waals surface area contributed by atoms with Crippen molar-refractivity contribution in [2.75, 3.05) is 18.5 Å². The third-order valence-electron chi connectivity index (χ3n) is 6.74. The van der Waals surface area contributed by atoms with E-state index in [9.17, 15) is 14.5 Å². The summed E-state index contributed by atoms with van der Waals surface area (Å²) in [6, 6.07) is 7.29. The number of carbonyl (C=O) groups is 1. The van der Waals surface area contributed by atoms with Crippen LogP contribution in [0.1, 0.15) is 38.7 Å². The molecule has 0 radical (unpaired) electrons. The number of esters is 1. The minimum Gasteiger partial charge on any atom is -0.465 e. The maximum atomic E-state index is 16.3. The van der Waals surface area contributed by atoms with Gasteiger partial charge in [0.1, 0.15) is 29.8 Å². The van der Waals surface area contributed by atoms with Gasteiger partial charge >= 0.3 is 13.7 Å². The van der Waals surface area contributed by atoms with Gasteiger partial charge in [-0.25, -0.2) is 23.9 Å². The van der Waals surface area contributed by atoms with Gasteiger partial charge in [0.05, 0.1) is 19.5 Å². The highest BCUT2D eigenvalue weighted by molar-refractivity contribution is 7.52. The van der Waals surface area contributed by atoms with E-state index in [4.69, 9.17) is 24.9 Å². The van der Waals surface area contributed by atoms with Gasteiger partial charge in [-0.15, -0.1) is 6.42 Å². The standard InChI is InChI=1S/C27H32FN6O7P/c1-5-27(28)22(35)20(14-39-42(37,33-16(3)25(36)38-6-2)41-19-10-8-7-9-11-19)40-26(27)34-15-29-21-23(32-18-12-13-18)30-17(4)31-24(21)34/h1,7-11,15-16,18,20,22,26,35H,6,12-14H2,2-4H3,(H,33,37)(H,30,31,32)/t16-,20+,22+,26+,27+,42+/m0/s1. The van der Waals surface area contributed by atoms with Crippen LogP contribution in [0.4, 0.5) is 10.2 Å². The van der Waals surface area contributed by atoms with Crippen LogP contribution in [0.2, 0.25) is 0 Å². The minimum atomic E-state index is -4.31. The fraction of sp³-hybridized carbons (Fsp3) is 0.481. The average Bonchev–Trinajstić information content (AvgIpc) is 3.62. The van der Waals surface area contributed by atoms with Gasteiger partial charge in [-0.2, -0.15) is 5.09 Å². The van der Waals surface area contributed by atoms with Crippen molar-refractivity contribution in [3.8, 4) is 18.1 Å². The van der Waals surface area contributed by atoms with Gasteiger partial charge in [0.2, 0.25) is 5.67 Å². The average molecular weight is 603 g/mol. The Balaban J connectivity index is 1.39. The quantitative estimate of drug-likeness (QED) is 0.158. The van der Waals surface area contributed by atoms with E-state index in [2.05, 4.69) is 25.4 Å². The minimum absolute atomic E-state index is 0.106. The smallest absolute Gasteiger partial charge is 0.459 e. The fourth-order valence-electron chi connectivity index (χ4n) is 4.47. The van der Waals surface area contributed by atoms with Gasteiger partial charge in [-0.1, -0.05) is 24.1 Å². The number of benzene rings is 1. The second-order valence-corrected chi connectivity index (χ2v) is 11.7. The molecule has 3 N–H and O–H groups in total. The molecule has 3 aromatic rings. The molecular formula is C27H32FN6O7P. The molecule has 13 nitrogen and oxygen atoms in total. The molecule has 2 aromatic heterocycles. The fourth-order valence-corrected chi connectivity index (χ4v) is 5.97. The molecule has 15 heteroatoms. The molecule has 1 aliphatic heterocycles. The van der Waals surface area contributed by atoms with Crippen LogP contribution in [-0.4, -0.2) is 73.8 Å². The van der Waals surface area contributed by atoms with Crippen LogP contribution in [0, 0.1) is 19.3 Å². The molecule has 2 fully saturated rings. The van der Waals surface area contributed by atoms with Crippen molar-refractivity contribution >= 4 is 30.7 Å². The molecule has 6 atom stereocenters. The Morgan fingerprint density at radius 1 is 1.36 bits per heavy atom. The number of ether oxygens (including phenoxy) is 2. The number of para-hydroxylation sites is 1. The first-order valence-corrected chi connectivity index (χ1v) is 15.0. The zero-order chi connectivity index (χ0) is 30.1. The van der Waals surface area contributed by atoms with Crippen molar-refractivity contribution in [2.24, 2.45) is 0 Å². The van der Waals surface area contributed by atoms with Crippen molar-refractivity contribution in [1.29, 1.82) is 0 Å². The number of fused-ring (bicyclic) bond motifs is 1. The summed E-state index contributed by atoms with van der Waals surface area (Å²) >= 11 is 0. The van der Waals surface area contributed by atoms with Crippen molar-refractivity contribution in [1.82, 2.24) is 24.6 Å². The maximum Gasteiger partial charge on any atom is 0.459 e. The molecular weight excluding hydrogens is 570 g/mol. The molecule has 5 rings (SSSR count).